The van der Waals surface area contributed by atoms with E-state index < -0.39 is 6.43 Å². The summed E-state index contributed by atoms with van der Waals surface area (Å²) in [6.07, 6.45) is -1.52. The van der Waals surface area contributed by atoms with Crippen LogP contribution in [0.2, 0.25) is 5.02 Å². The first-order valence-corrected chi connectivity index (χ1v) is 3.50. The van der Waals surface area contributed by atoms with E-state index in [1.54, 1.807) is 0 Å². The molecule has 0 aliphatic rings. The van der Waals surface area contributed by atoms with Crippen molar-refractivity contribution < 1.29 is 13.5 Å². The number of nitrogens with zero attached hydrogens (tertiary/aromatic N) is 1. The lowest BCUT2D eigenvalue weighted by atomic mass is 10.3. The van der Waals surface area contributed by atoms with Gasteiger partial charge >= 0.3 is 0 Å². The molecule has 0 radical (unpaired) electrons. The molecule has 0 aliphatic heterocycles. The molecule has 0 unspecified atom stereocenters. The minimum Gasteiger partial charge on any atom is -0.480 e. The Kier molecular flexibility index (Phi) is 2.81. The van der Waals surface area contributed by atoms with E-state index in [9.17, 15) is 8.78 Å². The molecular formula is C7H6ClF2NO. The number of halogens is 3. The number of hydrogen-bond donors (Lipinski definition) is 0. The van der Waals surface area contributed by atoms with Gasteiger partial charge in [-0.25, -0.2) is 13.8 Å². The Labute approximate surface area is 73.1 Å². The number of methoxy groups -OCH3 is 1. The van der Waals surface area contributed by atoms with E-state index >= 15 is 0 Å². The molecule has 0 fully saturated rings. The van der Waals surface area contributed by atoms with Crippen LogP contribution in [0.15, 0.2) is 12.3 Å². The van der Waals surface area contributed by atoms with Gasteiger partial charge in [0.05, 0.1) is 7.11 Å². The maximum Gasteiger partial charge on any atom is 0.265 e. The fourth-order valence-corrected chi connectivity index (χ4v) is 0.962. The quantitative estimate of drug-likeness (QED) is 0.721. The van der Waals surface area contributed by atoms with E-state index in [1.807, 2.05) is 0 Å². The van der Waals surface area contributed by atoms with Crippen molar-refractivity contribution in [2.75, 3.05) is 7.11 Å². The molecule has 5 heteroatoms. The highest BCUT2D eigenvalue weighted by Crippen LogP contribution is 2.26. The first-order chi connectivity index (χ1) is 5.65. The second-order valence-electron chi connectivity index (χ2n) is 2.06. The Balaban J connectivity index is 3.02. The van der Waals surface area contributed by atoms with Crippen LogP contribution in [0.4, 0.5) is 8.78 Å². The van der Waals surface area contributed by atoms with Gasteiger partial charge in [-0.3, -0.25) is 0 Å². The molecule has 0 N–H and O–H groups in total. The molecule has 66 valence electrons. The highest BCUT2D eigenvalue weighted by Gasteiger charge is 2.10. The number of alkyl halides is 2. The molecule has 2 nitrogen and oxygen atoms in total. The lowest BCUT2D eigenvalue weighted by Crippen LogP contribution is -1.91. The fourth-order valence-electron chi connectivity index (χ4n) is 0.710. The van der Waals surface area contributed by atoms with Crippen molar-refractivity contribution in [3.8, 4) is 5.88 Å². The van der Waals surface area contributed by atoms with Crippen molar-refractivity contribution in [2.24, 2.45) is 0 Å². The van der Waals surface area contributed by atoms with E-state index in [-0.39, 0.29) is 16.5 Å². The highest BCUT2D eigenvalue weighted by molar-refractivity contribution is 6.31. The average Bonchev–Trinajstić information content (AvgIpc) is 2.04. The predicted molar refractivity (Wildman–Crippen MR) is 40.8 cm³/mol. The lowest BCUT2D eigenvalue weighted by Gasteiger charge is -2.03. The minimum atomic E-state index is -2.55. The maximum atomic E-state index is 12.0. The largest absolute Gasteiger partial charge is 0.480 e. The third-order valence-electron chi connectivity index (χ3n) is 1.27. The second-order valence-corrected chi connectivity index (χ2v) is 2.47. The number of pyridine rings is 1. The number of aromatic nitrogens is 1. The van der Waals surface area contributed by atoms with Crippen LogP contribution in [-0.2, 0) is 0 Å². The Morgan fingerprint density at radius 2 is 2.25 bits per heavy atom. The van der Waals surface area contributed by atoms with E-state index in [4.69, 9.17) is 16.3 Å². The fraction of sp³-hybridized carbons (Fsp3) is 0.286. The van der Waals surface area contributed by atoms with Crippen LogP contribution in [0.25, 0.3) is 0 Å². The van der Waals surface area contributed by atoms with Crippen molar-refractivity contribution in [2.45, 2.75) is 6.43 Å². The number of hydrogen-bond acceptors (Lipinski definition) is 2. The average molecular weight is 194 g/mol. The van der Waals surface area contributed by atoms with Gasteiger partial charge in [0.1, 0.15) is 5.02 Å². The summed E-state index contributed by atoms with van der Waals surface area (Å²) in [7, 11) is 1.37. The SMILES string of the molecule is COc1ncc(C(F)F)cc1Cl. The molecule has 1 rings (SSSR count). The summed E-state index contributed by atoms with van der Waals surface area (Å²) < 4.78 is 28.8. The summed E-state index contributed by atoms with van der Waals surface area (Å²) in [6.45, 7) is 0. The standard InChI is InChI=1S/C7H6ClF2NO/c1-12-7-5(8)2-4(3-11-7)6(9)10/h2-3,6H,1H3. The zero-order chi connectivity index (χ0) is 9.14. The summed E-state index contributed by atoms with van der Waals surface area (Å²) in [6, 6.07) is 1.14. The Morgan fingerprint density at radius 3 is 2.67 bits per heavy atom. The molecule has 0 atom stereocenters. The van der Waals surface area contributed by atoms with Gasteiger partial charge < -0.3 is 4.74 Å². The molecule has 12 heavy (non-hydrogen) atoms. The minimum absolute atomic E-state index is 0.0929. The van der Waals surface area contributed by atoms with Crippen LogP contribution in [-0.4, -0.2) is 12.1 Å². The number of rotatable bonds is 2. The van der Waals surface area contributed by atoms with Crippen LogP contribution >= 0.6 is 11.6 Å². The van der Waals surface area contributed by atoms with Crippen molar-refractivity contribution in [3.63, 3.8) is 0 Å². The van der Waals surface area contributed by atoms with Gasteiger partial charge in [0, 0.05) is 11.8 Å². The predicted octanol–water partition coefficient (Wildman–Crippen LogP) is 2.68. The summed E-state index contributed by atoms with van der Waals surface area (Å²) in [5.74, 6) is 0.154. The van der Waals surface area contributed by atoms with E-state index in [1.165, 1.54) is 7.11 Å². The molecule has 0 spiro atoms. The van der Waals surface area contributed by atoms with Gasteiger partial charge in [0.15, 0.2) is 0 Å². The molecular weight excluding hydrogens is 188 g/mol. The van der Waals surface area contributed by atoms with Crippen molar-refractivity contribution in [3.05, 3.63) is 22.8 Å². The van der Waals surface area contributed by atoms with E-state index in [0.717, 1.165) is 12.3 Å². The first-order valence-electron chi connectivity index (χ1n) is 3.12. The summed E-state index contributed by atoms with van der Waals surface area (Å²) in [4.78, 5) is 3.58. The highest BCUT2D eigenvalue weighted by atomic mass is 35.5. The van der Waals surface area contributed by atoms with Crippen LogP contribution in [0.5, 0.6) is 5.88 Å². The van der Waals surface area contributed by atoms with Crippen molar-refractivity contribution in [1.82, 2.24) is 4.98 Å². The molecule has 0 amide bonds. The van der Waals surface area contributed by atoms with E-state index in [2.05, 4.69) is 4.98 Å². The first kappa shape index (κ1) is 9.19. The normalized spacial score (nSPS) is 10.4. The van der Waals surface area contributed by atoms with Crippen molar-refractivity contribution in [1.29, 1.82) is 0 Å². The van der Waals surface area contributed by atoms with Gasteiger partial charge in [0.25, 0.3) is 6.43 Å². The van der Waals surface area contributed by atoms with Gasteiger partial charge in [-0.15, -0.1) is 0 Å². The monoisotopic (exact) mass is 193 g/mol. The molecule has 1 aromatic heterocycles. The van der Waals surface area contributed by atoms with Gasteiger partial charge in [-0.05, 0) is 6.07 Å². The van der Waals surface area contributed by atoms with Crippen LogP contribution < -0.4 is 4.74 Å². The van der Waals surface area contributed by atoms with Crippen LogP contribution in [0.1, 0.15) is 12.0 Å². The smallest absolute Gasteiger partial charge is 0.265 e. The summed E-state index contributed by atoms with van der Waals surface area (Å²) in [5.41, 5.74) is -0.208. The topological polar surface area (TPSA) is 22.1 Å². The van der Waals surface area contributed by atoms with Crippen LogP contribution in [0, 0.1) is 0 Å². The summed E-state index contributed by atoms with van der Waals surface area (Å²) >= 11 is 5.55. The molecule has 0 aromatic carbocycles. The molecule has 0 saturated carbocycles. The molecule has 1 heterocycles. The van der Waals surface area contributed by atoms with Crippen LogP contribution in [0.3, 0.4) is 0 Å². The molecule has 0 bridgehead atoms. The third kappa shape index (κ3) is 1.82. The van der Waals surface area contributed by atoms with E-state index in [0.29, 0.717) is 0 Å². The molecule has 1 aromatic rings. The van der Waals surface area contributed by atoms with Gasteiger partial charge in [-0.2, -0.15) is 0 Å². The van der Waals surface area contributed by atoms with Crippen molar-refractivity contribution >= 4 is 11.6 Å². The Hall–Kier alpha value is -0.900. The maximum absolute atomic E-state index is 12.0. The summed E-state index contributed by atoms with van der Waals surface area (Å²) in [5, 5.41) is 0.0929. The third-order valence-corrected chi connectivity index (χ3v) is 1.54. The molecule has 0 saturated heterocycles. The Morgan fingerprint density at radius 1 is 1.58 bits per heavy atom. The Bertz CT molecular complexity index is 280. The molecule has 0 aliphatic carbocycles. The van der Waals surface area contributed by atoms with Gasteiger partial charge in [0.2, 0.25) is 5.88 Å². The lowest BCUT2D eigenvalue weighted by molar-refractivity contribution is 0.151. The zero-order valence-corrected chi connectivity index (χ0v) is 6.98. The van der Waals surface area contributed by atoms with Gasteiger partial charge in [-0.1, -0.05) is 11.6 Å². The second kappa shape index (κ2) is 3.67. The number of ether oxygens (including phenoxy) is 1. The zero-order valence-electron chi connectivity index (χ0n) is 6.22.